The molecular formula is C30H30BrN5OS. The molecule has 0 saturated carbocycles. The highest BCUT2D eigenvalue weighted by atomic mass is 79.9. The third-order valence-electron chi connectivity index (χ3n) is 7.04. The highest BCUT2D eigenvalue weighted by molar-refractivity contribution is 9.10. The number of carbonyl (C=O) groups is 1. The van der Waals surface area contributed by atoms with E-state index in [1.54, 1.807) is 0 Å². The average molecular weight is 589 g/mol. The van der Waals surface area contributed by atoms with Crippen LogP contribution in [-0.2, 0) is 4.79 Å². The smallest absolute Gasteiger partial charge is 0.224 e. The summed E-state index contributed by atoms with van der Waals surface area (Å²) in [7, 11) is 0. The van der Waals surface area contributed by atoms with Crippen LogP contribution in [0.4, 0.5) is 11.4 Å². The molecule has 38 heavy (non-hydrogen) atoms. The first-order valence-corrected chi connectivity index (χ1v) is 13.8. The van der Waals surface area contributed by atoms with Crippen molar-refractivity contribution in [3.8, 4) is 5.69 Å². The Morgan fingerprint density at radius 3 is 2.55 bits per heavy atom. The summed E-state index contributed by atoms with van der Waals surface area (Å²) >= 11 is 9.56. The van der Waals surface area contributed by atoms with E-state index in [4.69, 9.17) is 17.2 Å². The van der Waals surface area contributed by atoms with E-state index in [1.807, 2.05) is 56.4 Å². The molecule has 5 rings (SSSR count). The number of amides is 1. The van der Waals surface area contributed by atoms with Gasteiger partial charge in [0.15, 0.2) is 5.11 Å². The second-order valence-corrected chi connectivity index (χ2v) is 10.8. The monoisotopic (exact) mass is 587 g/mol. The Hall–Kier alpha value is -3.49. The minimum Gasteiger partial charge on any atom is -0.351 e. The van der Waals surface area contributed by atoms with Crippen LogP contribution in [0.25, 0.3) is 5.69 Å². The van der Waals surface area contributed by atoms with E-state index >= 15 is 0 Å². The van der Waals surface area contributed by atoms with Gasteiger partial charge in [-0.3, -0.25) is 9.78 Å². The normalized spacial score (nSPS) is 17.0. The number of hydrogen-bond donors (Lipinski definition) is 2. The molecule has 2 aromatic carbocycles. The molecule has 0 aliphatic carbocycles. The number of carbonyl (C=O) groups excluding carboxylic acids is 1. The molecule has 6 nitrogen and oxygen atoms in total. The number of aryl methyl sites for hydroxylation is 2. The largest absolute Gasteiger partial charge is 0.351 e. The number of pyridine rings is 1. The van der Waals surface area contributed by atoms with E-state index in [9.17, 15) is 4.79 Å². The van der Waals surface area contributed by atoms with E-state index in [2.05, 4.69) is 80.2 Å². The molecule has 2 aromatic heterocycles. The zero-order valence-electron chi connectivity index (χ0n) is 21.8. The Labute approximate surface area is 237 Å². The van der Waals surface area contributed by atoms with Crippen LogP contribution in [0, 0.1) is 20.8 Å². The number of rotatable bonds is 6. The van der Waals surface area contributed by atoms with Gasteiger partial charge in [0, 0.05) is 45.5 Å². The number of anilines is 2. The summed E-state index contributed by atoms with van der Waals surface area (Å²) in [6.07, 6.45) is 2.25. The molecule has 1 aliphatic heterocycles. The molecule has 3 heterocycles. The van der Waals surface area contributed by atoms with E-state index in [0.717, 1.165) is 44.2 Å². The number of halogens is 1. The fourth-order valence-electron chi connectivity index (χ4n) is 5.23. The molecule has 194 valence electrons. The van der Waals surface area contributed by atoms with Gasteiger partial charge < -0.3 is 20.1 Å². The third kappa shape index (κ3) is 4.86. The van der Waals surface area contributed by atoms with Gasteiger partial charge in [-0.15, -0.1) is 0 Å². The quantitative estimate of drug-likeness (QED) is 0.236. The van der Waals surface area contributed by atoms with Crippen LogP contribution in [0.1, 0.15) is 53.6 Å². The molecule has 0 radical (unpaired) electrons. The van der Waals surface area contributed by atoms with Crippen molar-refractivity contribution in [1.29, 1.82) is 0 Å². The predicted octanol–water partition coefficient (Wildman–Crippen LogP) is 7.09. The van der Waals surface area contributed by atoms with Gasteiger partial charge in [0.2, 0.25) is 5.91 Å². The van der Waals surface area contributed by atoms with Crippen molar-refractivity contribution in [3.05, 3.63) is 106 Å². The van der Waals surface area contributed by atoms with Gasteiger partial charge in [0.25, 0.3) is 0 Å². The van der Waals surface area contributed by atoms with Gasteiger partial charge in [0.05, 0.1) is 17.8 Å². The fourth-order valence-corrected chi connectivity index (χ4v) is 5.96. The van der Waals surface area contributed by atoms with Gasteiger partial charge in [-0.25, -0.2) is 0 Å². The van der Waals surface area contributed by atoms with Crippen LogP contribution in [-0.4, -0.2) is 20.6 Å². The molecule has 1 aliphatic rings. The van der Waals surface area contributed by atoms with Gasteiger partial charge in [-0.1, -0.05) is 35.0 Å². The van der Waals surface area contributed by atoms with Gasteiger partial charge in [-0.05, 0) is 98.7 Å². The molecule has 4 aromatic rings. The Bertz CT molecular complexity index is 1520. The third-order valence-corrected chi connectivity index (χ3v) is 7.84. The molecular weight excluding hydrogens is 558 g/mol. The number of benzene rings is 2. The van der Waals surface area contributed by atoms with Crippen LogP contribution in [0.5, 0.6) is 0 Å². The molecule has 2 atom stereocenters. The molecule has 0 bridgehead atoms. The lowest BCUT2D eigenvalue weighted by molar-refractivity contribution is -0.115. The Morgan fingerprint density at radius 1 is 1.05 bits per heavy atom. The summed E-state index contributed by atoms with van der Waals surface area (Å²) in [6, 6.07) is 22.4. The minimum absolute atomic E-state index is 0.00714. The second-order valence-electron chi connectivity index (χ2n) is 9.54. The number of thiocarbonyl (C=S) groups is 1. The van der Waals surface area contributed by atoms with E-state index < -0.39 is 0 Å². The summed E-state index contributed by atoms with van der Waals surface area (Å²) in [4.78, 5) is 18.9. The standard InChI is InChI=1S/C30H30BrN5OS/c1-5-27(37)33-25-13-12-23(15-18(25)2)36-29(28(34-30(36)38)26-11-6-7-14-32-26)24-16-19(3)35(20(24)4)22-10-8-9-21(31)17-22/h6-17,28-29H,5H2,1-4H3,(H,33,37)(H,34,38)/t28-,29+/m1/s1. The molecule has 0 unspecified atom stereocenters. The predicted molar refractivity (Wildman–Crippen MR) is 161 cm³/mol. The van der Waals surface area contributed by atoms with Crippen molar-refractivity contribution in [3.63, 3.8) is 0 Å². The highest BCUT2D eigenvalue weighted by Crippen LogP contribution is 2.44. The lowest BCUT2D eigenvalue weighted by Crippen LogP contribution is -2.29. The maximum Gasteiger partial charge on any atom is 0.224 e. The van der Waals surface area contributed by atoms with E-state index in [1.165, 1.54) is 5.56 Å². The minimum atomic E-state index is -0.139. The highest BCUT2D eigenvalue weighted by Gasteiger charge is 2.42. The average Bonchev–Trinajstić information content (AvgIpc) is 3.40. The maximum atomic E-state index is 12.0. The van der Waals surface area contributed by atoms with Crippen LogP contribution in [0.2, 0.25) is 0 Å². The van der Waals surface area contributed by atoms with E-state index in [0.29, 0.717) is 11.5 Å². The molecule has 2 N–H and O–H groups in total. The first-order chi connectivity index (χ1) is 18.3. The topological polar surface area (TPSA) is 62.2 Å². The molecule has 1 fully saturated rings. The molecule has 1 amide bonds. The summed E-state index contributed by atoms with van der Waals surface area (Å²) < 4.78 is 3.32. The summed E-state index contributed by atoms with van der Waals surface area (Å²) in [5, 5.41) is 7.18. The van der Waals surface area contributed by atoms with Crippen molar-refractivity contribution in [2.24, 2.45) is 0 Å². The second kappa shape index (κ2) is 10.7. The van der Waals surface area contributed by atoms with Crippen molar-refractivity contribution in [1.82, 2.24) is 14.9 Å². The summed E-state index contributed by atoms with van der Waals surface area (Å²) in [5.74, 6) is -0.00714. The van der Waals surface area contributed by atoms with Crippen molar-refractivity contribution in [2.75, 3.05) is 10.2 Å². The van der Waals surface area contributed by atoms with Gasteiger partial charge >= 0.3 is 0 Å². The number of nitrogens with zero attached hydrogens (tertiary/aromatic N) is 3. The van der Waals surface area contributed by atoms with Crippen LogP contribution < -0.4 is 15.5 Å². The Balaban J connectivity index is 1.64. The lowest BCUT2D eigenvalue weighted by Gasteiger charge is -2.29. The SMILES string of the molecule is CCC(=O)Nc1ccc(N2C(=S)N[C@H](c3ccccn3)[C@@H]2c2cc(C)n(-c3cccc(Br)c3)c2C)cc1C. The summed E-state index contributed by atoms with van der Waals surface area (Å²) in [5.41, 5.74) is 8.24. The number of nitrogens with one attached hydrogen (secondary N) is 2. The first kappa shape index (κ1) is 26.1. The zero-order valence-corrected chi connectivity index (χ0v) is 24.2. The zero-order chi connectivity index (χ0) is 27.0. The first-order valence-electron chi connectivity index (χ1n) is 12.6. The number of aromatic nitrogens is 2. The molecule has 0 spiro atoms. The maximum absolute atomic E-state index is 12.0. The van der Waals surface area contributed by atoms with Crippen molar-refractivity contribution < 1.29 is 4.79 Å². The Kier molecular flexibility index (Phi) is 7.36. The van der Waals surface area contributed by atoms with Crippen molar-refractivity contribution in [2.45, 2.75) is 46.2 Å². The van der Waals surface area contributed by atoms with Gasteiger partial charge in [-0.2, -0.15) is 0 Å². The molecule has 1 saturated heterocycles. The van der Waals surface area contributed by atoms with E-state index in [-0.39, 0.29) is 18.0 Å². The Morgan fingerprint density at radius 2 is 1.87 bits per heavy atom. The summed E-state index contributed by atoms with van der Waals surface area (Å²) in [6.45, 7) is 8.15. The van der Waals surface area contributed by atoms with Crippen LogP contribution in [0.15, 0.2) is 77.4 Å². The van der Waals surface area contributed by atoms with Crippen LogP contribution >= 0.6 is 28.1 Å². The number of hydrogen-bond acceptors (Lipinski definition) is 3. The van der Waals surface area contributed by atoms with Gasteiger partial charge in [0.1, 0.15) is 0 Å². The molecule has 8 heteroatoms. The van der Waals surface area contributed by atoms with Crippen LogP contribution in [0.3, 0.4) is 0 Å². The fraction of sp³-hybridized carbons (Fsp3) is 0.233. The van der Waals surface area contributed by atoms with Crippen molar-refractivity contribution >= 4 is 50.5 Å². The lowest BCUT2D eigenvalue weighted by atomic mass is 9.96.